The summed E-state index contributed by atoms with van der Waals surface area (Å²) >= 11 is 0. The number of aromatic nitrogens is 6. The number of nitrogens with zero attached hydrogens (tertiary/aromatic N) is 7. The quantitative estimate of drug-likeness (QED) is 0.683. The number of likely N-dealkylation sites (tertiary alicyclic amines) is 1. The lowest BCUT2D eigenvalue weighted by Gasteiger charge is -2.29. The van der Waals surface area contributed by atoms with E-state index in [4.69, 9.17) is 9.15 Å². The summed E-state index contributed by atoms with van der Waals surface area (Å²) in [5.74, 6) is 3.86. The van der Waals surface area contributed by atoms with Crippen molar-refractivity contribution in [2.75, 3.05) is 20.2 Å². The molecule has 2 fully saturated rings. The number of fused-ring (bicyclic) bond motifs is 1. The lowest BCUT2D eigenvalue weighted by Crippen LogP contribution is -2.33. The SMILES string of the molecule is COc1ccc2nnc(C3CCN(Cc4nnc(C5CC5)o4)CC3)n2n1. The first-order valence-electron chi connectivity index (χ1n) is 9.11. The molecule has 1 aliphatic carbocycles. The average Bonchev–Trinajstić information content (AvgIpc) is 3.28. The van der Waals surface area contributed by atoms with Crippen LogP contribution in [-0.4, -0.2) is 55.1 Å². The van der Waals surface area contributed by atoms with Gasteiger partial charge < -0.3 is 9.15 Å². The number of rotatable bonds is 5. The number of piperidine rings is 1. The molecule has 0 amide bonds. The van der Waals surface area contributed by atoms with Gasteiger partial charge in [-0.1, -0.05) is 0 Å². The van der Waals surface area contributed by atoms with E-state index in [0.717, 1.165) is 55.7 Å². The van der Waals surface area contributed by atoms with E-state index in [1.807, 2.05) is 6.07 Å². The minimum Gasteiger partial charge on any atom is -0.480 e. The Bertz CT molecular complexity index is 909. The molecule has 0 bridgehead atoms. The summed E-state index contributed by atoms with van der Waals surface area (Å²) < 4.78 is 12.8. The smallest absolute Gasteiger partial charge is 0.231 e. The Kier molecular flexibility index (Phi) is 3.81. The van der Waals surface area contributed by atoms with Crippen molar-refractivity contribution in [1.82, 2.24) is 34.9 Å². The molecular formula is C17H21N7O2. The molecule has 9 heteroatoms. The molecule has 2 aliphatic rings. The van der Waals surface area contributed by atoms with Crippen molar-refractivity contribution >= 4 is 5.65 Å². The van der Waals surface area contributed by atoms with Crippen molar-refractivity contribution in [2.45, 2.75) is 44.1 Å². The first-order valence-corrected chi connectivity index (χ1v) is 9.11. The van der Waals surface area contributed by atoms with E-state index in [1.165, 1.54) is 12.8 Å². The van der Waals surface area contributed by atoms with E-state index < -0.39 is 0 Å². The van der Waals surface area contributed by atoms with E-state index in [0.29, 0.717) is 17.7 Å². The van der Waals surface area contributed by atoms with Crippen LogP contribution in [0.1, 0.15) is 55.1 Å². The van der Waals surface area contributed by atoms with E-state index in [-0.39, 0.29) is 0 Å². The van der Waals surface area contributed by atoms with Gasteiger partial charge in [-0.3, -0.25) is 4.90 Å². The highest BCUT2D eigenvalue weighted by Gasteiger charge is 2.30. The van der Waals surface area contributed by atoms with E-state index >= 15 is 0 Å². The van der Waals surface area contributed by atoms with Crippen LogP contribution in [-0.2, 0) is 6.54 Å². The minimum atomic E-state index is 0.338. The molecule has 1 saturated carbocycles. The molecule has 0 atom stereocenters. The van der Waals surface area contributed by atoms with Gasteiger partial charge in [-0.15, -0.1) is 25.5 Å². The van der Waals surface area contributed by atoms with Crippen LogP contribution in [0.25, 0.3) is 5.65 Å². The topological polar surface area (TPSA) is 94.5 Å². The Hall–Kier alpha value is -2.55. The van der Waals surface area contributed by atoms with Gasteiger partial charge in [-0.2, -0.15) is 4.52 Å². The van der Waals surface area contributed by atoms with E-state index in [2.05, 4.69) is 30.4 Å². The minimum absolute atomic E-state index is 0.338. The van der Waals surface area contributed by atoms with Gasteiger partial charge in [0.1, 0.15) is 0 Å². The summed E-state index contributed by atoms with van der Waals surface area (Å²) in [6.07, 6.45) is 4.36. The molecule has 4 heterocycles. The van der Waals surface area contributed by atoms with Gasteiger partial charge in [0.25, 0.3) is 0 Å². The highest BCUT2D eigenvalue weighted by Crippen LogP contribution is 2.39. The number of hydrogen-bond donors (Lipinski definition) is 0. The number of ether oxygens (including phenoxy) is 1. The van der Waals surface area contributed by atoms with Gasteiger partial charge in [-0.25, -0.2) is 0 Å². The molecule has 1 aliphatic heterocycles. The third-order valence-corrected chi connectivity index (χ3v) is 5.19. The summed E-state index contributed by atoms with van der Waals surface area (Å²) in [5, 5.41) is 21.4. The fourth-order valence-corrected chi connectivity index (χ4v) is 3.52. The molecule has 0 N–H and O–H groups in total. The van der Waals surface area contributed by atoms with Crippen molar-refractivity contribution in [1.29, 1.82) is 0 Å². The number of hydrogen-bond acceptors (Lipinski definition) is 8. The maximum Gasteiger partial charge on any atom is 0.231 e. The summed E-state index contributed by atoms with van der Waals surface area (Å²) in [6, 6.07) is 3.68. The van der Waals surface area contributed by atoms with Crippen LogP contribution in [0.5, 0.6) is 5.88 Å². The van der Waals surface area contributed by atoms with Gasteiger partial charge in [0.05, 0.1) is 13.7 Å². The van der Waals surface area contributed by atoms with Crippen LogP contribution >= 0.6 is 0 Å². The van der Waals surface area contributed by atoms with Gasteiger partial charge in [-0.05, 0) is 44.8 Å². The van der Waals surface area contributed by atoms with Gasteiger partial charge in [0, 0.05) is 17.9 Å². The molecule has 0 spiro atoms. The maximum absolute atomic E-state index is 5.78. The van der Waals surface area contributed by atoms with Crippen molar-refractivity contribution in [3.05, 3.63) is 29.7 Å². The molecule has 5 rings (SSSR count). The molecule has 9 nitrogen and oxygen atoms in total. The second-order valence-corrected chi connectivity index (χ2v) is 7.06. The van der Waals surface area contributed by atoms with Gasteiger partial charge in [0.15, 0.2) is 11.5 Å². The second kappa shape index (κ2) is 6.31. The normalized spacial score (nSPS) is 19.3. The Morgan fingerprint density at radius 2 is 1.88 bits per heavy atom. The second-order valence-electron chi connectivity index (χ2n) is 7.06. The van der Waals surface area contributed by atoms with Crippen LogP contribution in [0.15, 0.2) is 16.5 Å². The molecule has 1 saturated heterocycles. The number of methoxy groups -OCH3 is 1. The van der Waals surface area contributed by atoms with Gasteiger partial charge >= 0.3 is 0 Å². The first kappa shape index (κ1) is 15.7. The molecule has 26 heavy (non-hydrogen) atoms. The largest absolute Gasteiger partial charge is 0.480 e. The average molecular weight is 355 g/mol. The summed E-state index contributed by atoms with van der Waals surface area (Å²) in [7, 11) is 1.61. The third kappa shape index (κ3) is 2.92. The third-order valence-electron chi connectivity index (χ3n) is 5.19. The van der Waals surface area contributed by atoms with Crippen LogP contribution in [0.3, 0.4) is 0 Å². The molecule has 0 aromatic carbocycles. The molecule has 136 valence electrons. The van der Waals surface area contributed by atoms with Gasteiger partial charge in [0.2, 0.25) is 17.7 Å². The van der Waals surface area contributed by atoms with Crippen molar-refractivity contribution in [3.8, 4) is 5.88 Å². The molecule has 3 aromatic heterocycles. The van der Waals surface area contributed by atoms with Crippen LogP contribution in [0.2, 0.25) is 0 Å². The predicted molar refractivity (Wildman–Crippen MR) is 90.9 cm³/mol. The highest BCUT2D eigenvalue weighted by molar-refractivity contribution is 5.38. The maximum atomic E-state index is 5.78. The Morgan fingerprint density at radius 1 is 1.04 bits per heavy atom. The fraction of sp³-hybridized carbons (Fsp3) is 0.588. The summed E-state index contributed by atoms with van der Waals surface area (Å²) in [6.45, 7) is 2.65. The Morgan fingerprint density at radius 3 is 2.65 bits per heavy atom. The molecule has 0 radical (unpaired) electrons. The molecule has 0 unspecified atom stereocenters. The highest BCUT2D eigenvalue weighted by atomic mass is 16.5. The Balaban J connectivity index is 1.25. The van der Waals surface area contributed by atoms with Crippen LogP contribution in [0.4, 0.5) is 0 Å². The standard InChI is InChI=1S/C17H21N7O2/c1-25-14-5-4-13-18-20-16(24(13)22-14)11-6-8-23(9-7-11)10-15-19-21-17(26-15)12-2-3-12/h4-5,11-12H,2-3,6-10H2,1H3. The van der Waals surface area contributed by atoms with E-state index in [9.17, 15) is 0 Å². The summed E-state index contributed by atoms with van der Waals surface area (Å²) in [4.78, 5) is 2.36. The van der Waals surface area contributed by atoms with Crippen LogP contribution < -0.4 is 4.74 Å². The summed E-state index contributed by atoms with van der Waals surface area (Å²) in [5.41, 5.74) is 0.752. The fourth-order valence-electron chi connectivity index (χ4n) is 3.52. The van der Waals surface area contributed by atoms with Crippen molar-refractivity contribution in [2.24, 2.45) is 0 Å². The van der Waals surface area contributed by atoms with Crippen molar-refractivity contribution in [3.63, 3.8) is 0 Å². The first-order chi connectivity index (χ1) is 12.8. The zero-order chi connectivity index (χ0) is 17.5. The zero-order valence-corrected chi connectivity index (χ0v) is 14.7. The van der Waals surface area contributed by atoms with Crippen LogP contribution in [0, 0.1) is 0 Å². The Labute approximate surface area is 150 Å². The lowest BCUT2D eigenvalue weighted by atomic mass is 9.96. The zero-order valence-electron chi connectivity index (χ0n) is 14.7. The predicted octanol–water partition coefficient (Wildman–Crippen LogP) is 1.77. The van der Waals surface area contributed by atoms with E-state index in [1.54, 1.807) is 17.7 Å². The van der Waals surface area contributed by atoms with Crippen molar-refractivity contribution < 1.29 is 9.15 Å². The molecule has 3 aromatic rings. The lowest BCUT2D eigenvalue weighted by molar-refractivity contribution is 0.183. The monoisotopic (exact) mass is 355 g/mol. The molecular weight excluding hydrogens is 334 g/mol.